The van der Waals surface area contributed by atoms with Crippen LogP contribution in [0, 0.1) is 17.0 Å². The van der Waals surface area contributed by atoms with Gasteiger partial charge in [0, 0.05) is 17.7 Å². The van der Waals surface area contributed by atoms with Gasteiger partial charge >= 0.3 is 5.37 Å². The van der Waals surface area contributed by atoms with Crippen molar-refractivity contribution in [1.82, 2.24) is 24.6 Å². The van der Waals surface area contributed by atoms with Crippen molar-refractivity contribution < 1.29 is 27.6 Å². The number of amides is 3. The molecule has 2 aliphatic rings. The third-order valence-electron chi connectivity index (χ3n) is 7.99. The third kappa shape index (κ3) is 6.58. The molecule has 1 aliphatic carbocycles. The Morgan fingerprint density at radius 2 is 1.82 bits per heavy atom. The van der Waals surface area contributed by atoms with Gasteiger partial charge in [-0.15, -0.1) is 0 Å². The number of carbonyl (C=O) groups excluding carboxylic acids is 3. The number of halogens is 4. The van der Waals surface area contributed by atoms with Crippen LogP contribution in [-0.4, -0.2) is 61.0 Å². The van der Waals surface area contributed by atoms with E-state index in [1.807, 2.05) is 51.1 Å². The fraction of sp³-hybridized carbons (Fsp3) is 0.364. The van der Waals surface area contributed by atoms with Gasteiger partial charge in [0.15, 0.2) is 11.6 Å². The Balaban J connectivity index is 1.52. The first-order chi connectivity index (χ1) is 21.4. The van der Waals surface area contributed by atoms with Gasteiger partial charge in [-0.05, 0) is 60.0 Å². The second-order valence-corrected chi connectivity index (χ2v) is 12.5. The van der Waals surface area contributed by atoms with Crippen molar-refractivity contribution in [1.29, 1.82) is 0 Å². The quantitative estimate of drug-likeness (QED) is 0.139. The molecule has 8 nitrogen and oxygen atoms in total. The highest BCUT2D eigenvalue weighted by molar-refractivity contribution is 6.62. The maximum absolute atomic E-state index is 14.9. The molecule has 3 aromatic rings. The van der Waals surface area contributed by atoms with Crippen molar-refractivity contribution in [2.24, 2.45) is 5.41 Å². The monoisotopic (exact) mass is 639 g/mol. The number of rotatable bonds is 10. The molecule has 0 saturated heterocycles. The number of carbonyl (C=O) groups is 3. The highest BCUT2D eigenvalue weighted by atomic mass is 35.5. The van der Waals surface area contributed by atoms with Crippen LogP contribution in [0.25, 0.3) is 11.4 Å². The van der Waals surface area contributed by atoms with Crippen LogP contribution in [0.2, 0.25) is 0 Å². The molecule has 12 heteroatoms. The fourth-order valence-electron chi connectivity index (χ4n) is 5.87. The maximum atomic E-state index is 14.9. The summed E-state index contributed by atoms with van der Waals surface area (Å²) in [6, 6.07) is 10.2. The molecule has 1 aromatic heterocycles. The van der Waals surface area contributed by atoms with E-state index in [1.54, 1.807) is 12.2 Å². The summed E-state index contributed by atoms with van der Waals surface area (Å²) in [5.41, 5.74) is 0.562. The summed E-state index contributed by atoms with van der Waals surface area (Å²) in [6.45, 7) is 4.57. The number of nitrogens with zero attached hydrogens (tertiary/aromatic N) is 5. The molecule has 0 unspecified atom stereocenters. The highest BCUT2D eigenvalue weighted by Crippen LogP contribution is 2.40. The molecule has 0 spiro atoms. The zero-order valence-electron chi connectivity index (χ0n) is 25.1. The summed E-state index contributed by atoms with van der Waals surface area (Å²) in [5, 5.41) is 3.66. The minimum Gasteiger partial charge on any atom is -0.318 e. The molecular weight excluding hydrogens is 607 g/mol. The number of aromatic nitrogens is 3. The summed E-state index contributed by atoms with van der Waals surface area (Å²) in [5.74, 6) is -2.33. The molecule has 0 radical (unpaired) electrons. The molecule has 2 heterocycles. The SMILES string of the molecule is CC(C)(C)[C@H](c1nc(-c2cc(F)ccc2F)nn1Cc1ccccc1)N(CC[C@@H](CF)N1C(=O)C2=C(CCC=C2)C1=O)C(=O)Cl. The number of hydrogen-bond donors (Lipinski definition) is 0. The molecule has 3 amide bonds. The van der Waals surface area contributed by atoms with Crippen LogP contribution in [0.1, 0.15) is 57.5 Å². The Hall–Kier alpha value is -4.25. The second-order valence-electron chi connectivity index (χ2n) is 12.2. The highest BCUT2D eigenvalue weighted by Gasteiger charge is 2.43. The Kier molecular flexibility index (Phi) is 9.29. The predicted octanol–water partition coefficient (Wildman–Crippen LogP) is 6.76. The lowest BCUT2D eigenvalue weighted by Crippen LogP contribution is -2.46. The van der Waals surface area contributed by atoms with Gasteiger partial charge in [0.2, 0.25) is 0 Å². The Labute approximate surface area is 264 Å². The van der Waals surface area contributed by atoms with Crippen LogP contribution in [0.3, 0.4) is 0 Å². The van der Waals surface area contributed by atoms with E-state index in [2.05, 4.69) is 10.1 Å². The van der Waals surface area contributed by atoms with Crippen LogP contribution < -0.4 is 0 Å². The average molecular weight is 640 g/mol. The molecule has 0 bridgehead atoms. The molecule has 0 fully saturated rings. The van der Waals surface area contributed by atoms with Gasteiger partial charge in [0.25, 0.3) is 11.8 Å². The zero-order chi connectivity index (χ0) is 32.5. The lowest BCUT2D eigenvalue weighted by atomic mass is 9.84. The summed E-state index contributed by atoms with van der Waals surface area (Å²) < 4.78 is 45.1. The van der Waals surface area contributed by atoms with Gasteiger partial charge < -0.3 is 4.90 Å². The predicted molar refractivity (Wildman–Crippen MR) is 163 cm³/mol. The van der Waals surface area contributed by atoms with Gasteiger partial charge in [-0.2, -0.15) is 5.10 Å². The topological polar surface area (TPSA) is 88.4 Å². The van der Waals surface area contributed by atoms with E-state index >= 15 is 0 Å². The summed E-state index contributed by atoms with van der Waals surface area (Å²) in [6.07, 6.45) is 4.31. The molecule has 2 atom stereocenters. The van der Waals surface area contributed by atoms with Gasteiger partial charge in [0.1, 0.15) is 18.3 Å². The summed E-state index contributed by atoms with van der Waals surface area (Å²) in [4.78, 5) is 46.1. The standard InChI is InChI=1S/C33H33ClF3N5O3/c1-33(2,3)27(40(32(34)45)16-15-22(18-35)42-30(43)23-11-7-8-12-24(23)31(42)44)29-38-28(25-17-21(36)13-14-26(25)37)39-41(29)19-20-9-5-4-6-10-20/h4-7,9-11,13-14,17,22,27H,8,12,15-16,18-19H2,1-3H3/t22-,27-/m0/s1. The van der Waals surface area contributed by atoms with Crippen LogP contribution in [-0.2, 0) is 16.1 Å². The molecule has 2 aromatic carbocycles. The number of allylic oxidation sites excluding steroid dienone is 1. The van der Waals surface area contributed by atoms with Crippen molar-refractivity contribution in [3.8, 4) is 11.4 Å². The molecule has 236 valence electrons. The van der Waals surface area contributed by atoms with Gasteiger partial charge in [0.05, 0.1) is 24.2 Å². The van der Waals surface area contributed by atoms with Gasteiger partial charge in [-0.1, -0.05) is 63.3 Å². The van der Waals surface area contributed by atoms with Crippen molar-refractivity contribution >= 4 is 28.8 Å². The largest absolute Gasteiger partial charge is 0.318 e. The minimum atomic E-state index is -1.14. The summed E-state index contributed by atoms with van der Waals surface area (Å²) in [7, 11) is 0. The van der Waals surface area contributed by atoms with Crippen LogP contribution in [0.5, 0.6) is 0 Å². The van der Waals surface area contributed by atoms with E-state index in [-0.39, 0.29) is 42.3 Å². The zero-order valence-corrected chi connectivity index (χ0v) is 25.9. The maximum Gasteiger partial charge on any atom is 0.317 e. The third-order valence-corrected chi connectivity index (χ3v) is 8.21. The van der Waals surface area contributed by atoms with Crippen molar-refractivity contribution in [2.75, 3.05) is 13.2 Å². The van der Waals surface area contributed by atoms with Crippen molar-refractivity contribution in [3.63, 3.8) is 0 Å². The lowest BCUT2D eigenvalue weighted by molar-refractivity contribution is -0.140. The number of alkyl halides is 1. The second kappa shape index (κ2) is 13.0. The molecule has 45 heavy (non-hydrogen) atoms. The van der Waals surface area contributed by atoms with Crippen LogP contribution in [0.4, 0.5) is 18.0 Å². The molecule has 0 N–H and O–H groups in total. The molecule has 1 aliphatic heterocycles. The Morgan fingerprint density at radius 1 is 1.09 bits per heavy atom. The fourth-order valence-corrected chi connectivity index (χ4v) is 6.06. The van der Waals surface area contributed by atoms with Gasteiger partial charge in [-0.25, -0.2) is 22.8 Å². The van der Waals surface area contributed by atoms with E-state index in [0.717, 1.165) is 28.7 Å². The first kappa shape index (κ1) is 32.2. The first-order valence-corrected chi connectivity index (χ1v) is 15.0. The smallest absolute Gasteiger partial charge is 0.317 e. The Morgan fingerprint density at radius 3 is 2.47 bits per heavy atom. The minimum absolute atomic E-state index is 0.0891. The lowest BCUT2D eigenvalue weighted by Gasteiger charge is -2.39. The van der Waals surface area contributed by atoms with Crippen LogP contribution in [0.15, 0.2) is 71.8 Å². The normalized spacial score (nSPS) is 16.3. The van der Waals surface area contributed by atoms with Crippen LogP contribution >= 0.6 is 11.6 Å². The van der Waals surface area contributed by atoms with E-state index in [9.17, 15) is 27.6 Å². The number of hydrogen-bond acceptors (Lipinski definition) is 5. The van der Waals surface area contributed by atoms with Crippen molar-refractivity contribution in [2.45, 2.75) is 58.7 Å². The average Bonchev–Trinajstić information content (AvgIpc) is 3.51. The Bertz CT molecular complexity index is 1680. The molecule has 0 saturated carbocycles. The molecule has 5 rings (SSSR count). The van der Waals surface area contributed by atoms with E-state index < -0.39 is 53.0 Å². The van der Waals surface area contributed by atoms with E-state index in [4.69, 9.17) is 11.6 Å². The van der Waals surface area contributed by atoms with E-state index in [0.29, 0.717) is 18.4 Å². The summed E-state index contributed by atoms with van der Waals surface area (Å²) >= 11 is 6.18. The van der Waals surface area contributed by atoms with Crippen molar-refractivity contribution in [3.05, 3.63) is 94.9 Å². The molecular formula is C33H33ClF3N5O3. The van der Waals surface area contributed by atoms with E-state index in [1.165, 1.54) is 9.58 Å². The number of benzene rings is 2. The van der Waals surface area contributed by atoms with Gasteiger partial charge in [-0.3, -0.25) is 19.3 Å². The number of imide groups is 1. The first-order valence-electron chi connectivity index (χ1n) is 14.6.